The van der Waals surface area contributed by atoms with Crippen LogP contribution in [0.25, 0.3) is 11.3 Å². The summed E-state index contributed by atoms with van der Waals surface area (Å²) in [6.07, 6.45) is 2.08. The van der Waals surface area contributed by atoms with Gasteiger partial charge in [0.15, 0.2) is 0 Å². The number of nitrogens with one attached hydrogen (secondary N) is 1. The van der Waals surface area contributed by atoms with Crippen molar-refractivity contribution in [1.82, 2.24) is 10.3 Å². The van der Waals surface area contributed by atoms with E-state index in [-0.39, 0.29) is 0 Å². The van der Waals surface area contributed by atoms with Gasteiger partial charge in [0.1, 0.15) is 11.5 Å². The minimum atomic E-state index is 0.789. The Bertz CT molecular complexity index is 568. The summed E-state index contributed by atoms with van der Waals surface area (Å²) in [6.45, 7) is 5.00. The van der Waals surface area contributed by atoms with Crippen molar-refractivity contribution in [1.29, 1.82) is 0 Å². The zero-order valence-corrected chi connectivity index (χ0v) is 11.2. The number of hydrogen-bond donors (Lipinski definition) is 1. The van der Waals surface area contributed by atoms with Gasteiger partial charge in [-0.3, -0.25) is 0 Å². The Hall–Kier alpha value is -1.13. The minimum Gasteiger partial charge on any atom is -0.464 e. The molecule has 1 N–H and O–H groups in total. The van der Waals surface area contributed by atoms with Crippen LogP contribution in [-0.4, -0.2) is 12.0 Å². The SMILES string of the molecule is CNCc1oc2c(c1C)-c1nc(C)sc1CC2. The van der Waals surface area contributed by atoms with E-state index in [0.717, 1.165) is 41.6 Å². The molecule has 0 bridgehead atoms. The maximum atomic E-state index is 5.95. The predicted octanol–water partition coefficient (Wildman–Crippen LogP) is 2.84. The van der Waals surface area contributed by atoms with Crippen LogP contribution in [0.5, 0.6) is 0 Å². The minimum absolute atomic E-state index is 0.789. The van der Waals surface area contributed by atoms with Gasteiger partial charge in [-0.2, -0.15) is 0 Å². The summed E-state index contributed by atoms with van der Waals surface area (Å²) in [4.78, 5) is 6.08. The van der Waals surface area contributed by atoms with Crippen LogP contribution in [0.1, 0.15) is 27.0 Å². The smallest absolute Gasteiger partial charge is 0.121 e. The first-order chi connectivity index (χ1) is 8.20. The lowest BCUT2D eigenvalue weighted by atomic mass is 9.97. The Morgan fingerprint density at radius 1 is 1.35 bits per heavy atom. The Morgan fingerprint density at radius 2 is 2.18 bits per heavy atom. The molecular formula is C13H16N2OS. The van der Waals surface area contributed by atoms with Gasteiger partial charge in [-0.25, -0.2) is 4.98 Å². The van der Waals surface area contributed by atoms with E-state index in [1.165, 1.54) is 16.0 Å². The van der Waals surface area contributed by atoms with Crippen molar-refractivity contribution in [3.8, 4) is 11.3 Å². The fourth-order valence-corrected chi connectivity index (χ4v) is 3.44. The van der Waals surface area contributed by atoms with Crippen molar-refractivity contribution >= 4 is 11.3 Å². The molecule has 4 heteroatoms. The van der Waals surface area contributed by atoms with Crippen LogP contribution in [0.2, 0.25) is 0 Å². The van der Waals surface area contributed by atoms with E-state index in [4.69, 9.17) is 4.42 Å². The lowest BCUT2D eigenvalue weighted by Crippen LogP contribution is -2.05. The van der Waals surface area contributed by atoms with Gasteiger partial charge in [-0.05, 0) is 27.3 Å². The molecule has 0 unspecified atom stereocenters. The van der Waals surface area contributed by atoms with Crippen LogP contribution < -0.4 is 5.32 Å². The number of rotatable bonds is 2. The highest BCUT2D eigenvalue weighted by molar-refractivity contribution is 7.12. The van der Waals surface area contributed by atoms with Gasteiger partial charge in [0.25, 0.3) is 0 Å². The second-order valence-electron chi connectivity index (χ2n) is 4.48. The molecule has 0 saturated heterocycles. The fraction of sp³-hybridized carbons (Fsp3) is 0.462. The third-order valence-electron chi connectivity index (χ3n) is 3.28. The molecule has 90 valence electrons. The van der Waals surface area contributed by atoms with Crippen LogP contribution in [0.15, 0.2) is 4.42 Å². The molecule has 17 heavy (non-hydrogen) atoms. The molecule has 0 radical (unpaired) electrons. The summed E-state index contributed by atoms with van der Waals surface area (Å²) in [5, 5.41) is 4.30. The number of hydrogen-bond acceptors (Lipinski definition) is 4. The van der Waals surface area contributed by atoms with E-state index in [9.17, 15) is 0 Å². The average molecular weight is 248 g/mol. The maximum Gasteiger partial charge on any atom is 0.121 e. The maximum absolute atomic E-state index is 5.95. The van der Waals surface area contributed by atoms with Gasteiger partial charge < -0.3 is 9.73 Å². The number of fused-ring (bicyclic) bond motifs is 3. The molecule has 0 spiro atoms. The van der Waals surface area contributed by atoms with E-state index >= 15 is 0 Å². The van der Waals surface area contributed by atoms with E-state index in [1.54, 1.807) is 0 Å². The van der Waals surface area contributed by atoms with Gasteiger partial charge in [0, 0.05) is 22.4 Å². The molecule has 2 aromatic rings. The molecule has 2 heterocycles. The van der Waals surface area contributed by atoms with Crippen molar-refractivity contribution in [3.05, 3.63) is 27.0 Å². The average Bonchev–Trinajstić information content (AvgIpc) is 2.80. The van der Waals surface area contributed by atoms with Gasteiger partial charge in [-0.15, -0.1) is 11.3 Å². The third-order valence-corrected chi connectivity index (χ3v) is 4.31. The number of thiazole rings is 1. The first-order valence-corrected chi connectivity index (χ1v) is 6.74. The van der Waals surface area contributed by atoms with Gasteiger partial charge >= 0.3 is 0 Å². The second-order valence-corrected chi connectivity index (χ2v) is 5.77. The standard InChI is InChI=1S/C13H16N2OS/c1-7-10(6-14-3)16-9-4-5-11-13(12(7)9)15-8(2)17-11/h14H,4-6H2,1-3H3. The molecule has 1 aliphatic carbocycles. The normalized spacial score (nSPS) is 13.6. The van der Waals surface area contributed by atoms with Gasteiger partial charge in [0.2, 0.25) is 0 Å². The number of furan rings is 1. The molecule has 2 aromatic heterocycles. The summed E-state index contributed by atoms with van der Waals surface area (Å²) >= 11 is 1.82. The summed E-state index contributed by atoms with van der Waals surface area (Å²) in [5.74, 6) is 2.17. The van der Waals surface area contributed by atoms with E-state index < -0.39 is 0 Å². The van der Waals surface area contributed by atoms with Crippen molar-refractivity contribution < 1.29 is 4.42 Å². The zero-order chi connectivity index (χ0) is 12.0. The molecular weight excluding hydrogens is 232 g/mol. The monoisotopic (exact) mass is 248 g/mol. The first-order valence-electron chi connectivity index (χ1n) is 5.93. The number of nitrogens with zero attached hydrogens (tertiary/aromatic N) is 1. The topological polar surface area (TPSA) is 38.1 Å². The summed E-state index contributed by atoms with van der Waals surface area (Å²) in [6, 6.07) is 0. The Labute approximate surface area is 105 Å². The predicted molar refractivity (Wildman–Crippen MR) is 69.5 cm³/mol. The van der Waals surface area contributed by atoms with E-state index in [1.807, 2.05) is 18.4 Å². The van der Waals surface area contributed by atoms with Crippen LogP contribution in [0, 0.1) is 13.8 Å². The zero-order valence-electron chi connectivity index (χ0n) is 10.4. The van der Waals surface area contributed by atoms with Crippen LogP contribution in [0.4, 0.5) is 0 Å². The number of aromatic nitrogens is 1. The van der Waals surface area contributed by atoms with Crippen LogP contribution in [0.3, 0.4) is 0 Å². The summed E-state index contributed by atoms with van der Waals surface area (Å²) in [7, 11) is 1.94. The van der Waals surface area contributed by atoms with Crippen molar-refractivity contribution in [3.63, 3.8) is 0 Å². The summed E-state index contributed by atoms with van der Waals surface area (Å²) in [5.41, 5.74) is 3.67. The first kappa shape index (κ1) is 11.0. The largest absolute Gasteiger partial charge is 0.464 e. The highest BCUT2D eigenvalue weighted by Crippen LogP contribution is 2.40. The molecule has 0 aliphatic heterocycles. The van der Waals surface area contributed by atoms with Crippen molar-refractivity contribution in [2.24, 2.45) is 0 Å². The summed E-state index contributed by atoms with van der Waals surface area (Å²) < 4.78 is 5.95. The lowest BCUT2D eigenvalue weighted by Gasteiger charge is -2.09. The van der Waals surface area contributed by atoms with Gasteiger partial charge in [-0.1, -0.05) is 0 Å². The molecule has 3 nitrogen and oxygen atoms in total. The van der Waals surface area contributed by atoms with Crippen LogP contribution >= 0.6 is 11.3 Å². The third kappa shape index (κ3) is 1.63. The molecule has 0 fully saturated rings. The quantitative estimate of drug-likeness (QED) is 0.888. The van der Waals surface area contributed by atoms with E-state index in [2.05, 4.69) is 24.1 Å². The fourth-order valence-electron chi connectivity index (χ4n) is 2.50. The molecule has 1 aliphatic rings. The lowest BCUT2D eigenvalue weighted by molar-refractivity contribution is 0.452. The molecule has 0 atom stereocenters. The van der Waals surface area contributed by atoms with Crippen LogP contribution in [-0.2, 0) is 19.4 Å². The van der Waals surface area contributed by atoms with Crippen molar-refractivity contribution in [2.75, 3.05) is 7.05 Å². The highest BCUT2D eigenvalue weighted by Gasteiger charge is 2.26. The van der Waals surface area contributed by atoms with Crippen molar-refractivity contribution in [2.45, 2.75) is 33.2 Å². The second kappa shape index (κ2) is 3.96. The number of aryl methyl sites for hydroxylation is 3. The Morgan fingerprint density at radius 3 is 2.94 bits per heavy atom. The van der Waals surface area contributed by atoms with Gasteiger partial charge in [0.05, 0.1) is 17.2 Å². The van der Waals surface area contributed by atoms with E-state index in [0.29, 0.717) is 0 Å². The molecule has 0 aromatic carbocycles. The highest BCUT2D eigenvalue weighted by atomic mass is 32.1. The molecule has 0 amide bonds. The Balaban J connectivity index is 2.17. The molecule has 0 saturated carbocycles. The Kier molecular flexibility index (Phi) is 2.56. The molecule has 3 rings (SSSR count).